The highest BCUT2D eigenvalue weighted by atomic mass is 79.9. The van der Waals surface area contributed by atoms with E-state index in [0.29, 0.717) is 0 Å². The molecule has 0 amide bonds. The number of benzene rings is 1. The normalized spacial score (nSPS) is 10.4. The topological polar surface area (TPSA) is 26.0 Å². The fraction of sp³-hybridized carbons (Fsp3) is 0.250. The first-order valence-corrected chi connectivity index (χ1v) is 5.73. The number of nitrogen functional groups attached to an aromatic ring is 1. The van der Waals surface area contributed by atoms with Crippen LogP contribution in [0.3, 0.4) is 0 Å². The molecular weight excluding hydrogens is 350 g/mol. The molecule has 0 aliphatic heterocycles. The van der Waals surface area contributed by atoms with Crippen LogP contribution in [0.1, 0.15) is 11.1 Å². The molecule has 1 rings (SSSR count). The van der Waals surface area contributed by atoms with Crippen molar-refractivity contribution >= 4 is 53.5 Å². The summed E-state index contributed by atoms with van der Waals surface area (Å²) in [6.07, 6.45) is 0. The van der Waals surface area contributed by atoms with E-state index in [9.17, 15) is 0 Å². The van der Waals surface area contributed by atoms with Gasteiger partial charge in [-0.15, -0.1) is 0 Å². The lowest BCUT2D eigenvalue weighted by molar-refractivity contribution is 1.30. The van der Waals surface area contributed by atoms with E-state index >= 15 is 0 Å². The lowest BCUT2D eigenvalue weighted by Gasteiger charge is -2.11. The van der Waals surface area contributed by atoms with E-state index in [-0.39, 0.29) is 0 Å². The van der Waals surface area contributed by atoms with Crippen molar-refractivity contribution in [1.29, 1.82) is 0 Å². The third-order valence-corrected chi connectivity index (χ3v) is 5.02. The predicted octanol–water partition coefficient (Wildman–Crippen LogP) is 4.17. The summed E-state index contributed by atoms with van der Waals surface area (Å²) in [6.45, 7) is 4.04. The fourth-order valence-electron chi connectivity index (χ4n) is 0.974. The standard InChI is InChI=1S/C8H8Br3N/c1-3-5(9)4(2)7(11)8(12)6(3)10/h12H2,1-2H3. The van der Waals surface area contributed by atoms with Crippen molar-refractivity contribution in [2.75, 3.05) is 5.73 Å². The van der Waals surface area contributed by atoms with Gasteiger partial charge in [0.2, 0.25) is 0 Å². The molecule has 0 aromatic heterocycles. The minimum Gasteiger partial charge on any atom is -0.397 e. The Hall–Kier alpha value is 0.460. The molecule has 4 heteroatoms. The van der Waals surface area contributed by atoms with Gasteiger partial charge in [-0.3, -0.25) is 0 Å². The van der Waals surface area contributed by atoms with Crippen LogP contribution in [0.2, 0.25) is 0 Å². The zero-order valence-electron chi connectivity index (χ0n) is 6.71. The van der Waals surface area contributed by atoms with E-state index in [2.05, 4.69) is 47.8 Å². The second kappa shape index (κ2) is 3.68. The molecule has 12 heavy (non-hydrogen) atoms. The van der Waals surface area contributed by atoms with Gasteiger partial charge in [0.1, 0.15) is 0 Å². The summed E-state index contributed by atoms with van der Waals surface area (Å²) in [5, 5.41) is 0. The first-order chi connectivity index (χ1) is 5.46. The summed E-state index contributed by atoms with van der Waals surface area (Å²) < 4.78 is 2.99. The molecule has 0 radical (unpaired) electrons. The van der Waals surface area contributed by atoms with E-state index < -0.39 is 0 Å². The number of nitrogens with two attached hydrogens (primary N) is 1. The van der Waals surface area contributed by atoms with Gasteiger partial charge in [0, 0.05) is 13.4 Å². The quantitative estimate of drug-likeness (QED) is 0.693. The van der Waals surface area contributed by atoms with Crippen molar-refractivity contribution in [3.63, 3.8) is 0 Å². The van der Waals surface area contributed by atoms with Gasteiger partial charge in [0.15, 0.2) is 0 Å². The van der Waals surface area contributed by atoms with Gasteiger partial charge in [-0.05, 0) is 56.8 Å². The molecule has 0 aliphatic carbocycles. The van der Waals surface area contributed by atoms with Crippen molar-refractivity contribution in [3.05, 3.63) is 24.5 Å². The Morgan fingerprint density at radius 1 is 0.833 bits per heavy atom. The van der Waals surface area contributed by atoms with E-state index in [0.717, 1.165) is 30.2 Å². The van der Waals surface area contributed by atoms with E-state index in [4.69, 9.17) is 5.73 Å². The number of hydrogen-bond acceptors (Lipinski definition) is 1. The van der Waals surface area contributed by atoms with Crippen LogP contribution in [0.5, 0.6) is 0 Å². The second-order valence-electron chi connectivity index (χ2n) is 2.61. The molecule has 66 valence electrons. The van der Waals surface area contributed by atoms with Gasteiger partial charge in [-0.25, -0.2) is 0 Å². The minimum atomic E-state index is 0.758. The van der Waals surface area contributed by atoms with Crippen LogP contribution in [0.15, 0.2) is 13.4 Å². The molecule has 0 aliphatic rings. The zero-order chi connectivity index (χ0) is 9.46. The van der Waals surface area contributed by atoms with E-state index in [1.165, 1.54) is 0 Å². The summed E-state index contributed by atoms with van der Waals surface area (Å²) in [5.41, 5.74) is 8.86. The highest BCUT2D eigenvalue weighted by molar-refractivity contribution is 9.11. The Labute approximate surface area is 97.1 Å². The molecule has 0 bridgehead atoms. The largest absolute Gasteiger partial charge is 0.397 e. The van der Waals surface area contributed by atoms with Gasteiger partial charge >= 0.3 is 0 Å². The summed E-state index contributed by atoms with van der Waals surface area (Å²) in [4.78, 5) is 0. The highest BCUT2D eigenvalue weighted by Crippen LogP contribution is 2.39. The smallest absolute Gasteiger partial charge is 0.0609 e. The monoisotopic (exact) mass is 355 g/mol. The summed E-state index contributed by atoms with van der Waals surface area (Å²) in [6, 6.07) is 0. The predicted molar refractivity (Wildman–Crippen MR) is 63.4 cm³/mol. The van der Waals surface area contributed by atoms with Crippen molar-refractivity contribution in [2.45, 2.75) is 13.8 Å². The molecule has 2 N–H and O–H groups in total. The van der Waals surface area contributed by atoms with Gasteiger partial charge < -0.3 is 5.73 Å². The molecule has 0 spiro atoms. The van der Waals surface area contributed by atoms with Gasteiger partial charge in [-0.2, -0.15) is 0 Å². The van der Waals surface area contributed by atoms with Crippen LogP contribution in [0.4, 0.5) is 5.69 Å². The van der Waals surface area contributed by atoms with Crippen LogP contribution in [-0.2, 0) is 0 Å². The maximum Gasteiger partial charge on any atom is 0.0609 e. The molecule has 0 saturated heterocycles. The Bertz CT molecular complexity index is 229. The third-order valence-electron chi connectivity index (χ3n) is 1.79. The lowest BCUT2D eigenvalue weighted by atomic mass is 10.1. The molecule has 0 unspecified atom stereocenters. The van der Waals surface area contributed by atoms with Crippen LogP contribution in [-0.4, -0.2) is 0 Å². The summed E-state index contributed by atoms with van der Waals surface area (Å²) in [5.74, 6) is 0. The second-order valence-corrected chi connectivity index (χ2v) is 4.98. The summed E-state index contributed by atoms with van der Waals surface area (Å²) >= 11 is 10.4. The van der Waals surface area contributed by atoms with Crippen LogP contribution in [0, 0.1) is 13.8 Å². The molecule has 1 aromatic carbocycles. The number of anilines is 1. The minimum absolute atomic E-state index is 0.758. The SMILES string of the molecule is Cc1c(Br)c(C)c(Br)c(N)c1Br. The average Bonchev–Trinajstić information content (AvgIpc) is 2.08. The summed E-state index contributed by atoms with van der Waals surface area (Å²) in [7, 11) is 0. The van der Waals surface area contributed by atoms with Crippen molar-refractivity contribution in [3.8, 4) is 0 Å². The van der Waals surface area contributed by atoms with E-state index in [1.54, 1.807) is 0 Å². The highest BCUT2D eigenvalue weighted by Gasteiger charge is 2.12. The first kappa shape index (κ1) is 10.5. The molecule has 1 nitrogen and oxygen atoms in total. The van der Waals surface area contributed by atoms with Crippen molar-refractivity contribution in [2.24, 2.45) is 0 Å². The Kier molecular flexibility index (Phi) is 3.23. The molecule has 1 aromatic rings. The molecular formula is C8H8Br3N. The van der Waals surface area contributed by atoms with Crippen LogP contribution >= 0.6 is 47.8 Å². The maximum atomic E-state index is 5.84. The zero-order valence-corrected chi connectivity index (χ0v) is 11.5. The van der Waals surface area contributed by atoms with Crippen molar-refractivity contribution in [1.82, 2.24) is 0 Å². The van der Waals surface area contributed by atoms with Gasteiger partial charge in [0.05, 0.1) is 5.69 Å². The molecule has 0 saturated carbocycles. The Morgan fingerprint density at radius 2 is 1.17 bits per heavy atom. The lowest BCUT2D eigenvalue weighted by Crippen LogP contribution is -1.95. The molecule has 0 fully saturated rings. The Balaban J connectivity index is 3.60. The van der Waals surface area contributed by atoms with Gasteiger partial charge in [-0.1, -0.05) is 15.9 Å². The van der Waals surface area contributed by atoms with Crippen LogP contribution in [0.25, 0.3) is 0 Å². The van der Waals surface area contributed by atoms with Crippen molar-refractivity contribution < 1.29 is 0 Å². The number of halogens is 3. The number of rotatable bonds is 0. The average molecular weight is 358 g/mol. The maximum absolute atomic E-state index is 5.84. The van der Waals surface area contributed by atoms with Crippen LogP contribution < -0.4 is 5.73 Å². The van der Waals surface area contributed by atoms with Gasteiger partial charge in [0.25, 0.3) is 0 Å². The number of hydrogen-bond donors (Lipinski definition) is 1. The van der Waals surface area contributed by atoms with E-state index in [1.807, 2.05) is 13.8 Å². The first-order valence-electron chi connectivity index (χ1n) is 3.36. The molecule has 0 heterocycles. The fourth-order valence-corrected chi connectivity index (χ4v) is 2.96. The molecule has 0 atom stereocenters. The third kappa shape index (κ3) is 1.56. The Morgan fingerprint density at radius 3 is 1.50 bits per heavy atom.